The molecule has 0 fully saturated rings. The Morgan fingerprint density at radius 2 is 1.83 bits per heavy atom. The number of aromatic amines is 1. The van der Waals surface area contributed by atoms with Gasteiger partial charge in [0.15, 0.2) is 0 Å². The van der Waals surface area contributed by atoms with E-state index >= 15 is 0 Å². The first-order valence-corrected chi connectivity index (χ1v) is 12.1. The van der Waals surface area contributed by atoms with Crippen molar-refractivity contribution in [2.45, 2.75) is 31.6 Å². The lowest BCUT2D eigenvalue weighted by atomic mass is 10.1. The summed E-state index contributed by atoms with van der Waals surface area (Å²) in [6.07, 6.45) is 1.60. The standard InChI is InChI=1S/C22H18N4OS3/c1-11-4-6-14(7-5-11)15-8-28-20-18(15)21(24-10-23-20)29-9-16-25-19(27)17-12(2)13(3)30-22(17)26-16/h4-8,10H,9H2,1-3H3,(H,25,26,27). The summed E-state index contributed by atoms with van der Waals surface area (Å²) >= 11 is 4.77. The van der Waals surface area contributed by atoms with Gasteiger partial charge in [0.05, 0.1) is 16.5 Å². The molecule has 1 N–H and O–H groups in total. The van der Waals surface area contributed by atoms with Gasteiger partial charge in [0.1, 0.15) is 26.8 Å². The van der Waals surface area contributed by atoms with Crippen molar-refractivity contribution in [3.63, 3.8) is 0 Å². The molecular formula is C22H18N4OS3. The van der Waals surface area contributed by atoms with Gasteiger partial charge in [-0.2, -0.15) is 0 Å². The number of H-pyrrole nitrogens is 1. The van der Waals surface area contributed by atoms with Crippen LogP contribution in [0.25, 0.3) is 31.6 Å². The predicted molar refractivity (Wildman–Crippen MR) is 127 cm³/mol. The van der Waals surface area contributed by atoms with E-state index in [4.69, 9.17) is 4.98 Å². The maximum atomic E-state index is 12.6. The zero-order chi connectivity index (χ0) is 20.8. The van der Waals surface area contributed by atoms with Crippen molar-refractivity contribution in [3.05, 3.63) is 68.2 Å². The Morgan fingerprint density at radius 3 is 2.63 bits per heavy atom. The molecule has 4 aromatic heterocycles. The monoisotopic (exact) mass is 450 g/mol. The van der Waals surface area contributed by atoms with Crippen molar-refractivity contribution >= 4 is 54.9 Å². The van der Waals surface area contributed by atoms with Crippen LogP contribution in [0.4, 0.5) is 0 Å². The first-order chi connectivity index (χ1) is 14.5. The quantitative estimate of drug-likeness (QED) is 0.274. The van der Waals surface area contributed by atoms with Crippen molar-refractivity contribution in [2.24, 2.45) is 0 Å². The fourth-order valence-corrected chi connectivity index (χ4v) is 6.32. The van der Waals surface area contributed by atoms with Crippen LogP contribution in [0.2, 0.25) is 0 Å². The number of aromatic nitrogens is 4. The van der Waals surface area contributed by atoms with Gasteiger partial charge in [-0.15, -0.1) is 22.7 Å². The Morgan fingerprint density at radius 1 is 1.03 bits per heavy atom. The van der Waals surface area contributed by atoms with Gasteiger partial charge in [0.25, 0.3) is 5.56 Å². The lowest BCUT2D eigenvalue weighted by Crippen LogP contribution is -2.10. The number of thiophene rings is 2. The molecule has 0 spiro atoms. The average Bonchev–Trinajstić information content (AvgIpc) is 3.29. The zero-order valence-electron chi connectivity index (χ0n) is 16.6. The highest BCUT2D eigenvalue weighted by molar-refractivity contribution is 7.98. The summed E-state index contributed by atoms with van der Waals surface area (Å²) < 4.78 is 0. The lowest BCUT2D eigenvalue weighted by molar-refractivity contribution is 1.04. The lowest BCUT2D eigenvalue weighted by Gasteiger charge is -2.06. The predicted octanol–water partition coefficient (Wildman–Crippen LogP) is 5.87. The van der Waals surface area contributed by atoms with Crippen molar-refractivity contribution < 1.29 is 0 Å². The van der Waals surface area contributed by atoms with E-state index in [9.17, 15) is 4.79 Å². The van der Waals surface area contributed by atoms with Crippen LogP contribution in [-0.2, 0) is 5.75 Å². The van der Waals surface area contributed by atoms with Crippen LogP contribution in [-0.4, -0.2) is 19.9 Å². The van der Waals surface area contributed by atoms with E-state index in [0.29, 0.717) is 17.0 Å². The van der Waals surface area contributed by atoms with Crippen molar-refractivity contribution in [2.75, 3.05) is 0 Å². The second-order valence-corrected chi connectivity index (χ2v) is 10.2. The molecule has 0 saturated heterocycles. The average molecular weight is 451 g/mol. The summed E-state index contributed by atoms with van der Waals surface area (Å²) in [4.78, 5) is 32.1. The molecule has 0 bridgehead atoms. The summed E-state index contributed by atoms with van der Waals surface area (Å²) in [7, 11) is 0. The molecule has 0 amide bonds. The molecule has 150 valence electrons. The van der Waals surface area contributed by atoms with Gasteiger partial charge in [-0.25, -0.2) is 15.0 Å². The molecule has 5 rings (SSSR count). The maximum absolute atomic E-state index is 12.6. The number of nitrogens with zero attached hydrogens (tertiary/aromatic N) is 3. The third-order valence-corrected chi connectivity index (χ3v) is 8.12. The second kappa shape index (κ2) is 7.61. The fourth-order valence-electron chi connectivity index (χ4n) is 3.41. The molecule has 0 radical (unpaired) electrons. The highest BCUT2D eigenvalue weighted by Crippen LogP contribution is 2.38. The van der Waals surface area contributed by atoms with E-state index in [1.54, 1.807) is 40.8 Å². The summed E-state index contributed by atoms with van der Waals surface area (Å²) in [5, 5.41) is 4.80. The van der Waals surface area contributed by atoms with Crippen LogP contribution in [0.15, 0.2) is 45.8 Å². The summed E-state index contributed by atoms with van der Waals surface area (Å²) in [6, 6.07) is 8.49. The molecule has 0 unspecified atom stereocenters. The molecular weight excluding hydrogens is 432 g/mol. The summed E-state index contributed by atoms with van der Waals surface area (Å²) in [5.41, 5.74) is 4.47. The molecule has 8 heteroatoms. The fraction of sp³-hybridized carbons (Fsp3) is 0.182. The number of benzene rings is 1. The molecule has 30 heavy (non-hydrogen) atoms. The Bertz CT molecular complexity index is 1450. The number of fused-ring (bicyclic) bond motifs is 2. The number of hydrogen-bond acceptors (Lipinski definition) is 7. The highest BCUT2D eigenvalue weighted by atomic mass is 32.2. The largest absolute Gasteiger partial charge is 0.309 e. The van der Waals surface area contributed by atoms with Gasteiger partial charge in [0, 0.05) is 15.8 Å². The van der Waals surface area contributed by atoms with Crippen LogP contribution in [0.3, 0.4) is 0 Å². The Kier molecular flexibility index (Phi) is 4.92. The van der Waals surface area contributed by atoms with E-state index in [-0.39, 0.29) is 5.56 Å². The minimum atomic E-state index is -0.0684. The van der Waals surface area contributed by atoms with Gasteiger partial charge >= 0.3 is 0 Å². The molecule has 5 nitrogen and oxygen atoms in total. The van der Waals surface area contributed by atoms with E-state index in [1.807, 2.05) is 13.8 Å². The number of rotatable bonds is 4. The summed E-state index contributed by atoms with van der Waals surface area (Å²) in [6.45, 7) is 6.08. The first-order valence-electron chi connectivity index (χ1n) is 9.42. The van der Waals surface area contributed by atoms with Crippen LogP contribution >= 0.6 is 34.4 Å². The minimum Gasteiger partial charge on any atom is -0.309 e. The molecule has 4 heterocycles. The number of nitrogens with one attached hydrogen (secondary N) is 1. The molecule has 0 atom stereocenters. The van der Waals surface area contributed by atoms with E-state index in [1.165, 1.54) is 5.56 Å². The van der Waals surface area contributed by atoms with E-state index in [0.717, 1.165) is 41.6 Å². The Balaban J connectivity index is 1.52. The number of hydrogen-bond donors (Lipinski definition) is 1. The molecule has 0 aliphatic carbocycles. The number of thioether (sulfide) groups is 1. The Labute approximate surface area is 185 Å². The Hall–Kier alpha value is -2.55. The summed E-state index contributed by atoms with van der Waals surface area (Å²) in [5.74, 6) is 1.20. The van der Waals surface area contributed by atoms with Crippen molar-refractivity contribution in [3.8, 4) is 11.1 Å². The highest BCUT2D eigenvalue weighted by Gasteiger charge is 2.16. The smallest absolute Gasteiger partial charge is 0.259 e. The third-order valence-electron chi connectivity index (χ3n) is 5.13. The second-order valence-electron chi connectivity index (χ2n) is 7.14. The maximum Gasteiger partial charge on any atom is 0.259 e. The first kappa shape index (κ1) is 19.4. The van der Waals surface area contributed by atoms with Crippen LogP contribution in [0, 0.1) is 20.8 Å². The molecule has 0 aliphatic heterocycles. The van der Waals surface area contributed by atoms with Crippen molar-refractivity contribution in [1.82, 2.24) is 19.9 Å². The SMILES string of the molecule is Cc1ccc(-c2csc3ncnc(SCc4nc5sc(C)c(C)c5c(=O)[nH]4)c23)cc1. The van der Waals surface area contributed by atoms with Crippen LogP contribution in [0.5, 0.6) is 0 Å². The van der Waals surface area contributed by atoms with Crippen LogP contribution < -0.4 is 5.56 Å². The van der Waals surface area contributed by atoms with E-state index < -0.39 is 0 Å². The van der Waals surface area contributed by atoms with Crippen molar-refractivity contribution in [1.29, 1.82) is 0 Å². The molecule has 1 aromatic carbocycles. The van der Waals surface area contributed by atoms with Gasteiger partial charge in [-0.1, -0.05) is 41.6 Å². The normalized spacial score (nSPS) is 11.6. The molecule has 0 saturated carbocycles. The van der Waals surface area contributed by atoms with E-state index in [2.05, 4.69) is 51.5 Å². The van der Waals surface area contributed by atoms with Gasteiger partial charge in [-0.3, -0.25) is 4.79 Å². The third kappa shape index (κ3) is 3.34. The van der Waals surface area contributed by atoms with Crippen LogP contribution in [0.1, 0.15) is 21.8 Å². The zero-order valence-corrected chi connectivity index (χ0v) is 19.1. The van der Waals surface area contributed by atoms with Gasteiger partial charge in [-0.05, 0) is 31.9 Å². The van der Waals surface area contributed by atoms with Gasteiger partial charge < -0.3 is 4.98 Å². The number of aryl methyl sites for hydroxylation is 3. The molecule has 5 aromatic rings. The minimum absolute atomic E-state index is 0.0684. The topological polar surface area (TPSA) is 71.5 Å². The molecule has 0 aliphatic rings. The van der Waals surface area contributed by atoms with Gasteiger partial charge in [0.2, 0.25) is 0 Å².